The lowest BCUT2D eigenvalue weighted by Gasteiger charge is -2.10. The van der Waals surface area contributed by atoms with Gasteiger partial charge in [-0.05, 0) is 13.8 Å². The van der Waals surface area contributed by atoms with Gasteiger partial charge in [0, 0.05) is 6.54 Å². The van der Waals surface area contributed by atoms with E-state index in [-0.39, 0.29) is 12.3 Å². The van der Waals surface area contributed by atoms with Crippen LogP contribution < -0.4 is 5.73 Å². The fourth-order valence-electron chi connectivity index (χ4n) is 0.529. The normalized spacial score (nSPS) is 15.4. The van der Waals surface area contributed by atoms with Crippen molar-refractivity contribution in [2.45, 2.75) is 25.2 Å². The van der Waals surface area contributed by atoms with Crippen molar-refractivity contribution in [1.29, 1.82) is 0 Å². The number of hydrogen-bond donors (Lipinski definition) is 2. The Bertz CT molecular complexity index is 198. The highest BCUT2D eigenvalue weighted by Gasteiger charge is 2.19. The molecule has 0 aliphatic rings. The SMILES string of the molecule is CC(C)S(=O)(=O)CC(O)CN. The van der Waals surface area contributed by atoms with Gasteiger partial charge in [-0.25, -0.2) is 8.42 Å². The van der Waals surface area contributed by atoms with Crippen LogP contribution in [-0.4, -0.2) is 37.2 Å². The van der Waals surface area contributed by atoms with Crippen LogP contribution in [0.4, 0.5) is 0 Å². The third kappa shape index (κ3) is 3.69. The molecule has 0 aromatic carbocycles. The summed E-state index contributed by atoms with van der Waals surface area (Å²) in [5.41, 5.74) is 5.06. The third-order valence-electron chi connectivity index (χ3n) is 1.42. The minimum absolute atomic E-state index is 0.00799. The van der Waals surface area contributed by atoms with Crippen LogP contribution >= 0.6 is 0 Å². The van der Waals surface area contributed by atoms with Crippen molar-refractivity contribution >= 4 is 9.84 Å². The number of rotatable bonds is 4. The Morgan fingerprint density at radius 1 is 1.45 bits per heavy atom. The summed E-state index contributed by atoms with van der Waals surface area (Å²) in [5.74, 6) is -0.235. The Labute approximate surface area is 67.3 Å². The summed E-state index contributed by atoms with van der Waals surface area (Å²) in [4.78, 5) is 0. The van der Waals surface area contributed by atoms with Crippen LogP contribution in [0.15, 0.2) is 0 Å². The quantitative estimate of drug-likeness (QED) is 0.590. The van der Waals surface area contributed by atoms with Gasteiger partial charge in [-0.1, -0.05) is 0 Å². The zero-order valence-electron chi connectivity index (χ0n) is 6.82. The average Bonchev–Trinajstić information content (AvgIpc) is 1.86. The van der Waals surface area contributed by atoms with Crippen molar-refractivity contribution in [2.24, 2.45) is 5.73 Å². The smallest absolute Gasteiger partial charge is 0.155 e. The van der Waals surface area contributed by atoms with Gasteiger partial charge < -0.3 is 10.8 Å². The van der Waals surface area contributed by atoms with E-state index in [1.165, 1.54) is 0 Å². The third-order valence-corrected chi connectivity index (χ3v) is 3.70. The van der Waals surface area contributed by atoms with Crippen LogP contribution in [0.1, 0.15) is 13.8 Å². The minimum atomic E-state index is -3.14. The number of aliphatic hydroxyl groups is 1. The molecule has 0 aliphatic heterocycles. The topological polar surface area (TPSA) is 80.4 Å². The number of aliphatic hydroxyl groups excluding tert-OH is 1. The van der Waals surface area contributed by atoms with E-state index in [0.717, 1.165) is 0 Å². The molecule has 0 aliphatic carbocycles. The molecule has 0 aromatic heterocycles. The monoisotopic (exact) mass is 181 g/mol. The molecule has 5 heteroatoms. The Balaban J connectivity index is 4.15. The van der Waals surface area contributed by atoms with Gasteiger partial charge in [0.15, 0.2) is 9.84 Å². The molecular formula is C6H15NO3S. The summed E-state index contributed by atoms with van der Waals surface area (Å²) in [6.07, 6.45) is -0.928. The van der Waals surface area contributed by atoms with E-state index in [9.17, 15) is 8.42 Å². The maximum atomic E-state index is 11.1. The molecule has 0 rings (SSSR count). The molecule has 0 saturated heterocycles. The van der Waals surface area contributed by atoms with E-state index < -0.39 is 21.2 Å². The molecule has 4 nitrogen and oxygen atoms in total. The zero-order valence-corrected chi connectivity index (χ0v) is 7.63. The van der Waals surface area contributed by atoms with E-state index >= 15 is 0 Å². The van der Waals surface area contributed by atoms with Gasteiger partial charge in [-0.2, -0.15) is 0 Å². The molecule has 3 N–H and O–H groups in total. The van der Waals surface area contributed by atoms with Gasteiger partial charge in [0.05, 0.1) is 17.1 Å². The van der Waals surface area contributed by atoms with Crippen LogP contribution in [-0.2, 0) is 9.84 Å². The Morgan fingerprint density at radius 2 is 1.91 bits per heavy atom. The van der Waals surface area contributed by atoms with Crippen LogP contribution in [0.5, 0.6) is 0 Å². The minimum Gasteiger partial charge on any atom is -0.391 e. The van der Waals surface area contributed by atoms with E-state index in [1.54, 1.807) is 13.8 Å². The molecule has 0 bridgehead atoms. The Kier molecular flexibility index (Phi) is 3.99. The largest absolute Gasteiger partial charge is 0.391 e. The zero-order chi connectivity index (χ0) is 9.07. The number of nitrogens with two attached hydrogens (primary N) is 1. The van der Waals surface area contributed by atoms with E-state index in [4.69, 9.17) is 10.8 Å². The molecule has 0 radical (unpaired) electrons. The summed E-state index contributed by atoms with van der Waals surface area (Å²) in [7, 11) is -3.14. The van der Waals surface area contributed by atoms with Crippen molar-refractivity contribution in [3.05, 3.63) is 0 Å². The maximum absolute atomic E-state index is 11.1. The van der Waals surface area contributed by atoms with Gasteiger partial charge in [0.1, 0.15) is 0 Å². The Morgan fingerprint density at radius 3 is 2.18 bits per heavy atom. The van der Waals surface area contributed by atoms with E-state index in [0.29, 0.717) is 0 Å². The summed E-state index contributed by atoms with van der Waals surface area (Å²) in [5, 5.41) is 8.50. The molecule has 0 heterocycles. The van der Waals surface area contributed by atoms with Gasteiger partial charge in [0.2, 0.25) is 0 Å². The standard InChI is InChI=1S/C6H15NO3S/c1-5(2)11(9,10)4-6(8)3-7/h5-6,8H,3-4,7H2,1-2H3. The second kappa shape index (κ2) is 4.04. The van der Waals surface area contributed by atoms with Crippen LogP contribution in [0.25, 0.3) is 0 Å². The maximum Gasteiger partial charge on any atom is 0.155 e. The first-order valence-corrected chi connectivity index (χ1v) is 5.21. The fraction of sp³-hybridized carbons (Fsp3) is 1.00. The summed E-state index contributed by atoms with van der Waals surface area (Å²) >= 11 is 0. The lowest BCUT2D eigenvalue weighted by molar-refractivity contribution is 0.205. The highest BCUT2D eigenvalue weighted by molar-refractivity contribution is 7.92. The second-order valence-electron chi connectivity index (χ2n) is 2.77. The lowest BCUT2D eigenvalue weighted by atomic mass is 10.4. The van der Waals surface area contributed by atoms with Crippen molar-refractivity contribution in [1.82, 2.24) is 0 Å². The molecule has 0 spiro atoms. The first-order valence-electron chi connectivity index (χ1n) is 3.50. The molecule has 0 aromatic rings. The Hall–Kier alpha value is -0.130. The predicted octanol–water partition coefficient (Wildman–Crippen LogP) is -0.871. The fourth-order valence-corrected chi connectivity index (χ4v) is 1.59. The molecule has 1 atom stereocenters. The molecule has 0 amide bonds. The van der Waals surface area contributed by atoms with Gasteiger partial charge in [-0.15, -0.1) is 0 Å². The first-order chi connectivity index (χ1) is 4.90. The van der Waals surface area contributed by atoms with Crippen molar-refractivity contribution in [3.63, 3.8) is 0 Å². The predicted molar refractivity (Wildman–Crippen MR) is 44.0 cm³/mol. The van der Waals surface area contributed by atoms with E-state index in [2.05, 4.69) is 0 Å². The van der Waals surface area contributed by atoms with Crippen LogP contribution in [0, 0.1) is 0 Å². The van der Waals surface area contributed by atoms with Crippen LogP contribution in [0.2, 0.25) is 0 Å². The van der Waals surface area contributed by atoms with Crippen LogP contribution in [0.3, 0.4) is 0 Å². The molecule has 0 fully saturated rings. The number of sulfone groups is 1. The molecular weight excluding hydrogens is 166 g/mol. The van der Waals surface area contributed by atoms with Crippen molar-refractivity contribution < 1.29 is 13.5 Å². The van der Waals surface area contributed by atoms with E-state index in [1.807, 2.05) is 0 Å². The average molecular weight is 181 g/mol. The van der Waals surface area contributed by atoms with Gasteiger partial charge in [-0.3, -0.25) is 0 Å². The van der Waals surface area contributed by atoms with Crippen molar-refractivity contribution in [2.75, 3.05) is 12.3 Å². The highest BCUT2D eigenvalue weighted by Crippen LogP contribution is 2.01. The molecule has 68 valence electrons. The second-order valence-corrected chi connectivity index (χ2v) is 5.37. The summed E-state index contributed by atoms with van der Waals surface area (Å²) in [6.45, 7) is 3.16. The highest BCUT2D eigenvalue weighted by atomic mass is 32.2. The number of hydrogen-bond acceptors (Lipinski definition) is 4. The lowest BCUT2D eigenvalue weighted by Crippen LogP contribution is -2.31. The van der Waals surface area contributed by atoms with Gasteiger partial charge >= 0.3 is 0 Å². The molecule has 0 saturated carbocycles. The molecule has 1 unspecified atom stereocenters. The first kappa shape index (κ1) is 10.9. The molecule has 11 heavy (non-hydrogen) atoms. The van der Waals surface area contributed by atoms with Gasteiger partial charge in [0.25, 0.3) is 0 Å². The summed E-state index contributed by atoms with van der Waals surface area (Å²) in [6, 6.07) is 0. The summed E-state index contributed by atoms with van der Waals surface area (Å²) < 4.78 is 22.2. The van der Waals surface area contributed by atoms with Crippen molar-refractivity contribution in [3.8, 4) is 0 Å².